The molecule has 0 aliphatic rings. The van der Waals surface area contributed by atoms with Gasteiger partial charge in [0, 0.05) is 29.0 Å². The fraction of sp³-hybridized carbons (Fsp3) is 0.364. The molecule has 1 unspecified atom stereocenters. The highest BCUT2D eigenvalue weighted by Crippen LogP contribution is 2.11. The smallest absolute Gasteiger partial charge is 0.253 e. The lowest BCUT2D eigenvalue weighted by molar-refractivity contribution is 0.0797. The summed E-state index contributed by atoms with van der Waals surface area (Å²) in [4.78, 5) is 13.8. The molecule has 0 radical (unpaired) electrons. The third kappa shape index (κ3) is 3.84. The van der Waals surface area contributed by atoms with E-state index in [-0.39, 0.29) is 5.91 Å². The molecule has 2 nitrogen and oxygen atoms in total. The lowest BCUT2D eigenvalue weighted by atomic mass is 10.2. The minimum atomic E-state index is 0.0120. The van der Waals surface area contributed by atoms with Crippen molar-refractivity contribution in [3.05, 3.63) is 34.9 Å². The maximum absolute atomic E-state index is 11.9. The van der Waals surface area contributed by atoms with Gasteiger partial charge in [0.05, 0.1) is 0 Å². The van der Waals surface area contributed by atoms with Gasteiger partial charge in [0.2, 0.25) is 0 Å². The summed E-state index contributed by atoms with van der Waals surface area (Å²) in [6, 6.07) is 6.92. The molecule has 0 aliphatic heterocycles. The standard InChI is InChI=1S/C11H13BrClNO/c1-8(12)7-14(2)11(15)9-3-5-10(13)6-4-9/h3-6,8H,7H2,1-2H3. The average molecular weight is 291 g/mol. The Balaban J connectivity index is 2.72. The van der Waals surface area contributed by atoms with Crippen molar-refractivity contribution in [2.24, 2.45) is 0 Å². The number of rotatable bonds is 3. The molecule has 0 N–H and O–H groups in total. The number of alkyl halides is 1. The summed E-state index contributed by atoms with van der Waals surface area (Å²) in [6.45, 7) is 2.69. The number of hydrogen-bond acceptors (Lipinski definition) is 1. The zero-order valence-electron chi connectivity index (χ0n) is 8.71. The highest BCUT2D eigenvalue weighted by molar-refractivity contribution is 9.09. The highest BCUT2D eigenvalue weighted by Gasteiger charge is 2.12. The fourth-order valence-electron chi connectivity index (χ4n) is 1.27. The minimum Gasteiger partial charge on any atom is -0.341 e. The average Bonchev–Trinajstić information content (AvgIpc) is 2.17. The topological polar surface area (TPSA) is 20.3 Å². The van der Waals surface area contributed by atoms with Crippen LogP contribution >= 0.6 is 27.5 Å². The van der Waals surface area contributed by atoms with Gasteiger partial charge in [-0.2, -0.15) is 0 Å². The van der Waals surface area contributed by atoms with Crippen LogP contribution in [0.5, 0.6) is 0 Å². The van der Waals surface area contributed by atoms with Crippen LogP contribution in [0.2, 0.25) is 5.02 Å². The number of amides is 1. The van der Waals surface area contributed by atoms with Gasteiger partial charge in [0.25, 0.3) is 5.91 Å². The lowest BCUT2D eigenvalue weighted by Crippen LogP contribution is -2.31. The number of benzene rings is 1. The molecule has 1 rings (SSSR count). The van der Waals surface area contributed by atoms with Crippen LogP contribution in [-0.4, -0.2) is 29.2 Å². The van der Waals surface area contributed by atoms with Crippen LogP contribution in [-0.2, 0) is 0 Å². The van der Waals surface area contributed by atoms with Gasteiger partial charge in [-0.1, -0.05) is 34.5 Å². The number of nitrogens with zero attached hydrogens (tertiary/aromatic N) is 1. The zero-order valence-corrected chi connectivity index (χ0v) is 11.0. The van der Waals surface area contributed by atoms with E-state index in [4.69, 9.17) is 11.6 Å². The summed E-state index contributed by atoms with van der Waals surface area (Å²) < 4.78 is 0. The molecule has 1 amide bonds. The van der Waals surface area contributed by atoms with Crippen molar-refractivity contribution in [3.8, 4) is 0 Å². The van der Waals surface area contributed by atoms with Gasteiger partial charge in [0.1, 0.15) is 0 Å². The molecule has 82 valence electrons. The maximum Gasteiger partial charge on any atom is 0.253 e. The number of carbonyl (C=O) groups excluding carboxylic acids is 1. The largest absolute Gasteiger partial charge is 0.341 e. The molecular formula is C11H13BrClNO. The molecule has 0 fully saturated rings. The molecule has 0 aromatic heterocycles. The van der Waals surface area contributed by atoms with Crippen LogP contribution in [0.25, 0.3) is 0 Å². The van der Waals surface area contributed by atoms with Gasteiger partial charge in [0.15, 0.2) is 0 Å². The van der Waals surface area contributed by atoms with E-state index in [1.165, 1.54) is 0 Å². The number of halogens is 2. The first kappa shape index (κ1) is 12.5. The predicted molar refractivity (Wildman–Crippen MR) is 66.8 cm³/mol. The molecule has 0 spiro atoms. The molecule has 0 aliphatic carbocycles. The van der Waals surface area contributed by atoms with E-state index in [2.05, 4.69) is 15.9 Å². The first-order chi connectivity index (χ1) is 7.00. The summed E-state index contributed by atoms with van der Waals surface area (Å²) in [5.41, 5.74) is 0.662. The third-order valence-electron chi connectivity index (χ3n) is 1.96. The first-order valence-corrected chi connectivity index (χ1v) is 5.95. The van der Waals surface area contributed by atoms with E-state index in [1.54, 1.807) is 36.2 Å². The van der Waals surface area contributed by atoms with Crippen molar-refractivity contribution >= 4 is 33.4 Å². The molecule has 1 atom stereocenters. The van der Waals surface area contributed by atoms with Gasteiger partial charge >= 0.3 is 0 Å². The van der Waals surface area contributed by atoms with E-state index in [9.17, 15) is 4.79 Å². The molecule has 0 heterocycles. The highest BCUT2D eigenvalue weighted by atomic mass is 79.9. The van der Waals surface area contributed by atoms with E-state index in [1.807, 2.05) is 6.92 Å². The van der Waals surface area contributed by atoms with Crippen LogP contribution in [0.15, 0.2) is 24.3 Å². The van der Waals surface area contributed by atoms with Crippen molar-refractivity contribution in [1.82, 2.24) is 4.90 Å². The van der Waals surface area contributed by atoms with Crippen molar-refractivity contribution in [3.63, 3.8) is 0 Å². The Morgan fingerprint density at radius 1 is 1.47 bits per heavy atom. The summed E-state index contributed by atoms with van der Waals surface area (Å²) in [5, 5.41) is 0.642. The van der Waals surface area contributed by atoms with Crippen LogP contribution in [0, 0.1) is 0 Å². The zero-order chi connectivity index (χ0) is 11.4. The second-order valence-electron chi connectivity index (χ2n) is 3.47. The van der Waals surface area contributed by atoms with Gasteiger partial charge < -0.3 is 4.90 Å². The quantitative estimate of drug-likeness (QED) is 0.783. The van der Waals surface area contributed by atoms with Crippen LogP contribution < -0.4 is 0 Å². The molecule has 0 saturated heterocycles. The van der Waals surface area contributed by atoms with Crippen molar-refractivity contribution in [2.45, 2.75) is 11.8 Å². The minimum absolute atomic E-state index is 0.0120. The normalized spacial score (nSPS) is 12.3. The van der Waals surface area contributed by atoms with Gasteiger partial charge in [-0.05, 0) is 24.3 Å². The van der Waals surface area contributed by atoms with Crippen molar-refractivity contribution in [1.29, 1.82) is 0 Å². The Bertz CT molecular complexity index is 337. The molecule has 4 heteroatoms. The molecule has 0 bridgehead atoms. The third-order valence-corrected chi connectivity index (χ3v) is 2.50. The Kier molecular flexibility index (Phi) is 4.61. The summed E-state index contributed by atoms with van der Waals surface area (Å²) in [5.74, 6) is 0.0120. The number of hydrogen-bond donors (Lipinski definition) is 0. The van der Waals surface area contributed by atoms with Crippen LogP contribution in [0.3, 0.4) is 0 Å². The Morgan fingerprint density at radius 2 is 2.00 bits per heavy atom. The fourth-order valence-corrected chi connectivity index (χ4v) is 1.83. The van der Waals surface area contributed by atoms with E-state index in [0.717, 1.165) is 0 Å². The monoisotopic (exact) mass is 289 g/mol. The Labute approximate surface area is 103 Å². The van der Waals surface area contributed by atoms with Crippen LogP contribution in [0.4, 0.5) is 0 Å². The molecule has 1 aromatic carbocycles. The summed E-state index contributed by atoms with van der Waals surface area (Å²) in [7, 11) is 1.79. The Hall–Kier alpha value is -0.540. The SMILES string of the molecule is CC(Br)CN(C)C(=O)c1ccc(Cl)cc1. The van der Waals surface area contributed by atoms with Crippen molar-refractivity contribution < 1.29 is 4.79 Å². The second-order valence-corrected chi connectivity index (χ2v) is 5.47. The molecule has 1 aromatic rings. The molecule has 15 heavy (non-hydrogen) atoms. The Morgan fingerprint density at radius 3 is 2.47 bits per heavy atom. The van der Waals surface area contributed by atoms with E-state index < -0.39 is 0 Å². The molecule has 0 saturated carbocycles. The summed E-state index contributed by atoms with van der Waals surface area (Å²) in [6.07, 6.45) is 0. The van der Waals surface area contributed by atoms with Crippen LogP contribution in [0.1, 0.15) is 17.3 Å². The first-order valence-electron chi connectivity index (χ1n) is 4.66. The van der Waals surface area contributed by atoms with Crippen molar-refractivity contribution in [2.75, 3.05) is 13.6 Å². The van der Waals surface area contributed by atoms with Gasteiger partial charge in [-0.3, -0.25) is 4.79 Å². The molecular weight excluding hydrogens is 277 g/mol. The maximum atomic E-state index is 11.9. The van der Waals surface area contributed by atoms with Gasteiger partial charge in [-0.25, -0.2) is 0 Å². The number of carbonyl (C=O) groups is 1. The second kappa shape index (κ2) is 5.52. The van der Waals surface area contributed by atoms with E-state index >= 15 is 0 Å². The van der Waals surface area contributed by atoms with Gasteiger partial charge in [-0.15, -0.1) is 0 Å². The predicted octanol–water partition coefficient (Wildman–Crippen LogP) is 3.20. The summed E-state index contributed by atoms with van der Waals surface area (Å²) >= 11 is 9.16. The van der Waals surface area contributed by atoms with E-state index in [0.29, 0.717) is 22.0 Å². The lowest BCUT2D eigenvalue weighted by Gasteiger charge is -2.18.